The minimum Gasteiger partial charge on any atom is -0.387 e. The van der Waals surface area contributed by atoms with E-state index in [0.29, 0.717) is 5.95 Å². The SMILES string of the molecule is Cn1c(=O)c2c(nc(NCC(O)c3ccccc3)n2Cc2ccc(F)cc2)n(C)c1=O. The highest BCUT2D eigenvalue weighted by Crippen LogP contribution is 2.20. The van der Waals surface area contributed by atoms with Gasteiger partial charge in [-0.1, -0.05) is 42.5 Å². The lowest BCUT2D eigenvalue weighted by Crippen LogP contribution is -2.37. The second kappa shape index (κ2) is 8.19. The fourth-order valence-electron chi connectivity index (χ4n) is 3.49. The molecule has 0 saturated heterocycles. The van der Waals surface area contributed by atoms with Crippen molar-refractivity contribution in [1.82, 2.24) is 18.7 Å². The molecule has 1 atom stereocenters. The van der Waals surface area contributed by atoms with Gasteiger partial charge < -0.3 is 10.4 Å². The summed E-state index contributed by atoms with van der Waals surface area (Å²) < 4.78 is 17.3. The molecule has 4 aromatic rings. The molecule has 4 rings (SSSR count). The van der Waals surface area contributed by atoms with E-state index in [0.717, 1.165) is 15.7 Å². The minimum absolute atomic E-state index is 0.144. The average Bonchev–Trinajstić information content (AvgIpc) is 3.15. The normalized spacial score (nSPS) is 12.3. The number of hydrogen-bond donors (Lipinski definition) is 2. The van der Waals surface area contributed by atoms with Crippen LogP contribution >= 0.6 is 0 Å². The maximum Gasteiger partial charge on any atom is 0.332 e. The van der Waals surface area contributed by atoms with Crippen molar-refractivity contribution in [3.05, 3.63) is 92.4 Å². The number of halogens is 1. The van der Waals surface area contributed by atoms with Crippen molar-refractivity contribution < 1.29 is 9.50 Å². The highest BCUT2D eigenvalue weighted by molar-refractivity contribution is 5.74. The highest BCUT2D eigenvalue weighted by atomic mass is 19.1. The second-order valence-electron chi connectivity index (χ2n) is 7.33. The first-order valence-electron chi connectivity index (χ1n) is 9.74. The van der Waals surface area contributed by atoms with Gasteiger partial charge in [-0.3, -0.25) is 18.5 Å². The first-order valence-corrected chi connectivity index (χ1v) is 9.74. The summed E-state index contributed by atoms with van der Waals surface area (Å²) in [6.45, 7) is 0.374. The Kier molecular flexibility index (Phi) is 5.43. The molecule has 0 saturated carbocycles. The Bertz CT molecular complexity index is 1340. The molecule has 0 amide bonds. The number of aryl methyl sites for hydroxylation is 1. The van der Waals surface area contributed by atoms with Crippen LogP contribution in [-0.2, 0) is 20.6 Å². The zero-order valence-corrected chi connectivity index (χ0v) is 17.1. The Hall–Kier alpha value is -3.72. The number of aliphatic hydroxyl groups excluding tert-OH is 1. The smallest absolute Gasteiger partial charge is 0.332 e. The van der Waals surface area contributed by atoms with Crippen molar-refractivity contribution in [2.45, 2.75) is 12.6 Å². The Morgan fingerprint density at radius 2 is 1.71 bits per heavy atom. The van der Waals surface area contributed by atoms with E-state index >= 15 is 0 Å². The molecule has 0 aliphatic carbocycles. The molecule has 0 bridgehead atoms. The van der Waals surface area contributed by atoms with Crippen LogP contribution in [0.1, 0.15) is 17.2 Å². The van der Waals surface area contributed by atoms with Crippen molar-refractivity contribution >= 4 is 17.1 Å². The lowest BCUT2D eigenvalue weighted by Gasteiger charge is -2.14. The highest BCUT2D eigenvalue weighted by Gasteiger charge is 2.20. The molecule has 2 heterocycles. The number of fused-ring (bicyclic) bond motifs is 1. The lowest BCUT2D eigenvalue weighted by atomic mass is 10.1. The number of nitrogens with one attached hydrogen (secondary N) is 1. The number of aliphatic hydroxyl groups is 1. The fraction of sp³-hybridized carbons (Fsp3) is 0.227. The summed E-state index contributed by atoms with van der Waals surface area (Å²) in [5, 5.41) is 13.6. The quantitative estimate of drug-likeness (QED) is 0.493. The molecule has 2 aromatic carbocycles. The minimum atomic E-state index is -0.799. The van der Waals surface area contributed by atoms with Gasteiger partial charge in [-0.15, -0.1) is 0 Å². The first kappa shape index (κ1) is 20.5. The van der Waals surface area contributed by atoms with E-state index in [1.165, 1.54) is 23.7 Å². The predicted molar refractivity (Wildman–Crippen MR) is 116 cm³/mol. The van der Waals surface area contributed by atoms with Crippen LogP contribution < -0.4 is 16.6 Å². The van der Waals surface area contributed by atoms with Crippen molar-refractivity contribution in [2.24, 2.45) is 14.1 Å². The molecule has 160 valence electrons. The van der Waals surface area contributed by atoms with Crippen molar-refractivity contribution in [2.75, 3.05) is 11.9 Å². The molecule has 0 radical (unpaired) electrons. The maximum atomic E-state index is 13.3. The summed E-state index contributed by atoms with van der Waals surface area (Å²) >= 11 is 0. The molecular weight excluding hydrogens is 401 g/mol. The molecule has 0 aliphatic heterocycles. The van der Waals surface area contributed by atoms with Crippen LogP contribution in [0.15, 0.2) is 64.2 Å². The van der Waals surface area contributed by atoms with Gasteiger partial charge in [-0.2, -0.15) is 4.98 Å². The van der Waals surface area contributed by atoms with E-state index in [9.17, 15) is 19.1 Å². The van der Waals surface area contributed by atoms with Gasteiger partial charge in [-0.25, -0.2) is 9.18 Å². The monoisotopic (exact) mass is 423 g/mol. The van der Waals surface area contributed by atoms with Gasteiger partial charge >= 0.3 is 5.69 Å². The van der Waals surface area contributed by atoms with Crippen LogP contribution in [0.4, 0.5) is 10.3 Å². The molecule has 2 N–H and O–H groups in total. The van der Waals surface area contributed by atoms with Crippen molar-refractivity contribution in [1.29, 1.82) is 0 Å². The number of aromatic nitrogens is 4. The number of hydrogen-bond acceptors (Lipinski definition) is 5. The summed E-state index contributed by atoms with van der Waals surface area (Å²) in [5.41, 5.74) is 0.990. The van der Waals surface area contributed by atoms with E-state index in [-0.39, 0.29) is 30.1 Å². The molecule has 9 heteroatoms. The molecule has 1 unspecified atom stereocenters. The molecule has 0 aliphatic rings. The zero-order valence-electron chi connectivity index (χ0n) is 17.1. The van der Waals surface area contributed by atoms with E-state index in [2.05, 4.69) is 10.3 Å². The van der Waals surface area contributed by atoms with Gasteiger partial charge in [0.1, 0.15) is 5.82 Å². The molecule has 2 aromatic heterocycles. The first-order chi connectivity index (χ1) is 14.9. The molecule has 0 fully saturated rings. The van der Waals surface area contributed by atoms with E-state index in [1.807, 2.05) is 30.3 Å². The van der Waals surface area contributed by atoms with Crippen LogP contribution in [0.25, 0.3) is 11.2 Å². The summed E-state index contributed by atoms with van der Waals surface area (Å²) in [7, 11) is 2.95. The van der Waals surface area contributed by atoms with E-state index in [1.54, 1.807) is 23.7 Å². The van der Waals surface area contributed by atoms with Crippen molar-refractivity contribution in [3.63, 3.8) is 0 Å². The molecule has 31 heavy (non-hydrogen) atoms. The van der Waals surface area contributed by atoms with Crippen LogP contribution in [0.2, 0.25) is 0 Å². The van der Waals surface area contributed by atoms with E-state index in [4.69, 9.17) is 0 Å². The van der Waals surface area contributed by atoms with Crippen LogP contribution in [0.5, 0.6) is 0 Å². The van der Waals surface area contributed by atoms with Gasteiger partial charge in [0, 0.05) is 20.6 Å². The van der Waals surface area contributed by atoms with Gasteiger partial charge in [0.15, 0.2) is 11.2 Å². The lowest BCUT2D eigenvalue weighted by molar-refractivity contribution is 0.191. The summed E-state index contributed by atoms with van der Waals surface area (Å²) in [5.74, 6) is -0.0329. The topological polar surface area (TPSA) is 94.1 Å². The van der Waals surface area contributed by atoms with Gasteiger partial charge in [0.25, 0.3) is 5.56 Å². The number of rotatable bonds is 6. The Balaban J connectivity index is 1.78. The Morgan fingerprint density at radius 1 is 1.03 bits per heavy atom. The van der Waals surface area contributed by atoms with Gasteiger partial charge in [-0.05, 0) is 23.3 Å². The number of anilines is 1. The fourth-order valence-corrected chi connectivity index (χ4v) is 3.49. The van der Waals surface area contributed by atoms with Crippen LogP contribution in [0, 0.1) is 5.82 Å². The predicted octanol–water partition coefficient (Wildman–Crippen LogP) is 1.77. The summed E-state index contributed by atoms with van der Waals surface area (Å²) in [6.07, 6.45) is -0.799. The van der Waals surface area contributed by atoms with E-state index < -0.39 is 17.4 Å². The van der Waals surface area contributed by atoms with Crippen LogP contribution in [-0.4, -0.2) is 30.3 Å². The standard InChI is InChI=1S/C22H22FN5O3/c1-26-19-18(20(30)27(2)22(26)31)28(13-14-8-10-16(23)11-9-14)21(25-19)24-12-17(29)15-6-4-3-5-7-15/h3-11,17,29H,12-13H2,1-2H3,(H,24,25). The zero-order chi connectivity index (χ0) is 22.1. The molecule has 8 nitrogen and oxygen atoms in total. The Morgan fingerprint density at radius 3 is 2.39 bits per heavy atom. The summed E-state index contributed by atoms with van der Waals surface area (Å²) in [4.78, 5) is 29.7. The van der Waals surface area contributed by atoms with Crippen molar-refractivity contribution in [3.8, 4) is 0 Å². The largest absolute Gasteiger partial charge is 0.387 e. The Labute approximate surface area is 176 Å². The van der Waals surface area contributed by atoms with Crippen LogP contribution in [0.3, 0.4) is 0 Å². The molecular formula is C22H22FN5O3. The molecule has 0 spiro atoms. The average molecular weight is 423 g/mol. The third-order valence-corrected chi connectivity index (χ3v) is 5.24. The number of nitrogens with zero attached hydrogens (tertiary/aromatic N) is 4. The number of benzene rings is 2. The summed E-state index contributed by atoms with van der Waals surface area (Å²) in [6, 6.07) is 15.1. The maximum absolute atomic E-state index is 13.3. The third kappa shape index (κ3) is 3.87. The third-order valence-electron chi connectivity index (χ3n) is 5.24. The number of imidazole rings is 1. The van der Waals surface area contributed by atoms with Gasteiger partial charge in [0.05, 0.1) is 12.6 Å². The van der Waals surface area contributed by atoms with Gasteiger partial charge in [0.2, 0.25) is 5.95 Å². The second-order valence-corrected chi connectivity index (χ2v) is 7.33.